The molecule has 0 bridgehead atoms. The Morgan fingerprint density at radius 1 is 1.43 bits per heavy atom. The molecule has 2 rings (SSSR count). The van der Waals surface area contributed by atoms with Gasteiger partial charge in [0, 0.05) is 31.8 Å². The van der Waals surface area contributed by atoms with E-state index in [2.05, 4.69) is 0 Å². The third-order valence-electron chi connectivity index (χ3n) is 3.34. The van der Waals surface area contributed by atoms with Crippen LogP contribution in [0.1, 0.15) is 22.3 Å². The number of hydrogen-bond acceptors (Lipinski definition) is 3. The van der Waals surface area contributed by atoms with Crippen molar-refractivity contribution < 1.29 is 22.7 Å². The second-order valence-electron chi connectivity index (χ2n) is 4.91. The molecule has 2 N–H and O–H groups in total. The zero-order valence-corrected chi connectivity index (χ0v) is 11.4. The van der Waals surface area contributed by atoms with Gasteiger partial charge in [-0.15, -0.1) is 0 Å². The number of hydrogen-bond donors (Lipinski definition) is 1. The minimum atomic E-state index is -4.46. The standard InChI is InChI=1S/C14H17F3N2O2/c15-14(16,17)11-4-1-3-10(7-11)13(20)19-5-2-6-21-12(8-18)9-19/h1,3-4,7,12H,2,5-6,8-9,18H2. The summed E-state index contributed by atoms with van der Waals surface area (Å²) in [7, 11) is 0. The highest BCUT2D eigenvalue weighted by molar-refractivity contribution is 5.94. The van der Waals surface area contributed by atoms with E-state index in [1.165, 1.54) is 17.0 Å². The molecule has 0 radical (unpaired) electrons. The van der Waals surface area contributed by atoms with Gasteiger partial charge < -0.3 is 15.4 Å². The summed E-state index contributed by atoms with van der Waals surface area (Å²) in [6.07, 6.45) is -4.10. The topological polar surface area (TPSA) is 55.6 Å². The molecular formula is C14H17F3N2O2. The first-order valence-electron chi connectivity index (χ1n) is 6.70. The van der Waals surface area contributed by atoms with E-state index < -0.39 is 17.6 Å². The lowest BCUT2D eigenvalue weighted by Crippen LogP contribution is -2.39. The maximum absolute atomic E-state index is 12.7. The van der Waals surface area contributed by atoms with Crippen molar-refractivity contribution in [3.8, 4) is 0 Å². The zero-order chi connectivity index (χ0) is 15.5. The predicted octanol–water partition coefficient (Wildman–Crippen LogP) is 1.90. The molecule has 0 aliphatic carbocycles. The van der Waals surface area contributed by atoms with E-state index in [9.17, 15) is 18.0 Å². The lowest BCUT2D eigenvalue weighted by atomic mass is 10.1. The predicted molar refractivity (Wildman–Crippen MR) is 70.8 cm³/mol. The Hall–Kier alpha value is -1.60. The molecule has 1 unspecified atom stereocenters. The Morgan fingerprint density at radius 2 is 2.19 bits per heavy atom. The molecule has 0 aromatic heterocycles. The van der Waals surface area contributed by atoms with Crippen LogP contribution in [-0.2, 0) is 10.9 Å². The summed E-state index contributed by atoms with van der Waals surface area (Å²) in [5.41, 5.74) is 4.75. The van der Waals surface area contributed by atoms with Crippen molar-refractivity contribution >= 4 is 5.91 Å². The molecule has 0 saturated carbocycles. The molecule has 1 atom stereocenters. The Bertz CT molecular complexity index is 505. The number of carbonyl (C=O) groups excluding carboxylic acids is 1. The number of rotatable bonds is 2. The minimum Gasteiger partial charge on any atom is -0.375 e. The molecule has 116 valence electrons. The monoisotopic (exact) mass is 302 g/mol. The third kappa shape index (κ3) is 3.95. The number of amides is 1. The molecule has 1 aliphatic rings. The van der Waals surface area contributed by atoms with E-state index in [4.69, 9.17) is 10.5 Å². The zero-order valence-electron chi connectivity index (χ0n) is 11.4. The van der Waals surface area contributed by atoms with E-state index in [0.717, 1.165) is 12.1 Å². The van der Waals surface area contributed by atoms with Crippen molar-refractivity contribution in [1.29, 1.82) is 0 Å². The van der Waals surface area contributed by atoms with Gasteiger partial charge in [0.05, 0.1) is 11.7 Å². The van der Waals surface area contributed by atoms with Crippen molar-refractivity contribution in [2.75, 3.05) is 26.2 Å². The minimum absolute atomic E-state index is 0.0301. The number of nitrogens with two attached hydrogens (primary N) is 1. The van der Waals surface area contributed by atoms with Gasteiger partial charge in [0.25, 0.3) is 5.91 Å². The first-order chi connectivity index (χ1) is 9.91. The molecule has 7 heteroatoms. The first-order valence-corrected chi connectivity index (χ1v) is 6.70. The van der Waals surface area contributed by atoms with E-state index in [0.29, 0.717) is 26.1 Å². The lowest BCUT2D eigenvalue weighted by molar-refractivity contribution is -0.137. The number of ether oxygens (including phenoxy) is 1. The molecule has 1 amide bonds. The fourth-order valence-corrected chi connectivity index (χ4v) is 2.23. The van der Waals surface area contributed by atoms with Gasteiger partial charge >= 0.3 is 6.18 Å². The van der Waals surface area contributed by atoms with Crippen molar-refractivity contribution in [2.24, 2.45) is 5.73 Å². The van der Waals surface area contributed by atoms with Crippen LogP contribution in [0.2, 0.25) is 0 Å². The number of benzene rings is 1. The number of nitrogens with zero attached hydrogens (tertiary/aromatic N) is 1. The van der Waals surface area contributed by atoms with E-state index in [1.807, 2.05) is 0 Å². The summed E-state index contributed by atoms with van der Waals surface area (Å²) < 4.78 is 43.5. The Kier molecular flexibility index (Phi) is 4.84. The van der Waals surface area contributed by atoms with Crippen LogP contribution in [0.3, 0.4) is 0 Å². The fourth-order valence-electron chi connectivity index (χ4n) is 2.23. The molecule has 1 heterocycles. The van der Waals surface area contributed by atoms with Crippen LogP contribution in [0.15, 0.2) is 24.3 Å². The van der Waals surface area contributed by atoms with Gasteiger partial charge in [0.15, 0.2) is 0 Å². The van der Waals surface area contributed by atoms with Crippen molar-refractivity contribution in [2.45, 2.75) is 18.7 Å². The molecule has 1 fully saturated rings. The van der Waals surface area contributed by atoms with Gasteiger partial charge in [-0.3, -0.25) is 4.79 Å². The van der Waals surface area contributed by atoms with Crippen LogP contribution in [0.25, 0.3) is 0 Å². The van der Waals surface area contributed by atoms with E-state index in [-0.39, 0.29) is 18.2 Å². The number of halogens is 3. The maximum Gasteiger partial charge on any atom is 0.416 e. The fraction of sp³-hybridized carbons (Fsp3) is 0.500. The van der Waals surface area contributed by atoms with Crippen LogP contribution in [0.5, 0.6) is 0 Å². The summed E-state index contributed by atoms with van der Waals surface area (Å²) in [6, 6.07) is 4.46. The molecule has 1 aliphatic heterocycles. The van der Waals surface area contributed by atoms with Crippen LogP contribution in [0.4, 0.5) is 13.2 Å². The van der Waals surface area contributed by atoms with Gasteiger partial charge in [-0.25, -0.2) is 0 Å². The van der Waals surface area contributed by atoms with Gasteiger partial charge in [0.1, 0.15) is 0 Å². The molecule has 1 saturated heterocycles. The summed E-state index contributed by atoms with van der Waals surface area (Å²) in [4.78, 5) is 13.9. The highest BCUT2D eigenvalue weighted by atomic mass is 19.4. The van der Waals surface area contributed by atoms with E-state index in [1.54, 1.807) is 0 Å². The Balaban J connectivity index is 2.19. The van der Waals surface area contributed by atoms with Crippen LogP contribution in [-0.4, -0.2) is 43.2 Å². The normalized spacial score (nSPS) is 20.2. The smallest absolute Gasteiger partial charge is 0.375 e. The van der Waals surface area contributed by atoms with Gasteiger partial charge in [0.2, 0.25) is 0 Å². The van der Waals surface area contributed by atoms with Crippen molar-refractivity contribution in [1.82, 2.24) is 4.90 Å². The van der Waals surface area contributed by atoms with Gasteiger partial charge in [-0.2, -0.15) is 13.2 Å². The Labute approximate surface area is 120 Å². The van der Waals surface area contributed by atoms with Crippen molar-refractivity contribution in [3.05, 3.63) is 35.4 Å². The SMILES string of the molecule is NCC1CN(C(=O)c2cccc(C(F)(F)F)c2)CCCO1. The van der Waals surface area contributed by atoms with Crippen LogP contribution in [0, 0.1) is 0 Å². The lowest BCUT2D eigenvalue weighted by Gasteiger charge is -2.23. The summed E-state index contributed by atoms with van der Waals surface area (Å²) in [6.45, 7) is 1.51. The Morgan fingerprint density at radius 3 is 2.86 bits per heavy atom. The van der Waals surface area contributed by atoms with E-state index >= 15 is 0 Å². The second kappa shape index (κ2) is 6.44. The average Bonchev–Trinajstić information content (AvgIpc) is 2.71. The molecule has 4 nitrogen and oxygen atoms in total. The first kappa shape index (κ1) is 15.8. The molecule has 1 aromatic carbocycles. The molecule has 0 spiro atoms. The molecule has 1 aromatic rings. The van der Waals surface area contributed by atoms with Crippen LogP contribution >= 0.6 is 0 Å². The summed E-state index contributed by atoms with van der Waals surface area (Å²) in [5.74, 6) is -0.426. The number of carbonyl (C=O) groups is 1. The van der Waals surface area contributed by atoms with Crippen LogP contribution < -0.4 is 5.73 Å². The largest absolute Gasteiger partial charge is 0.416 e. The van der Waals surface area contributed by atoms with Gasteiger partial charge in [-0.05, 0) is 24.6 Å². The summed E-state index contributed by atoms with van der Waals surface area (Å²) in [5, 5.41) is 0. The average molecular weight is 302 g/mol. The molecule has 21 heavy (non-hydrogen) atoms. The quantitative estimate of drug-likeness (QED) is 0.908. The molecular weight excluding hydrogens is 285 g/mol. The highest BCUT2D eigenvalue weighted by Crippen LogP contribution is 2.29. The summed E-state index contributed by atoms with van der Waals surface area (Å²) >= 11 is 0. The maximum atomic E-state index is 12.7. The van der Waals surface area contributed by atoms with Crippen molar-refractivity contribution in [3.63, 3.8) is 0 Å². The van der Waals surface area contributed by atoms with Gasteiger partial charge in [-0.1, -0.05) is 6.07 Å². The highest BCUT2D eigenvalue weighted by Gasteiger charge is 2.31. The third-order valence-corrected chi connectivity index (χ3v) is 3.34. The second-order valence-corrected chi connectivity index (χ2v) is 4.91. The number of alkyl halides is 3.